The van der Waals surface area contributed by atoms with Gasteiger partial charge in [0.15, 0.2) is 0 Å². The van der Waals surface area contributed by atoms with Crippen LogP contribution in [-0.2, 0) is 5.41 Å². The summed E-state index contributed by atoms with van der Waals surface area (Å²) in [6.45, 7) is 3.29. The Kier molecular flexibility index (Phi) is 2.89. The maximum Gasteiger partial charge on any atom is 0.119 e. The van der Waals surface area contributed by atoms with Gasteiger partial charge >= 0.3 is 0 Å². The molecule has 0 saturated heterocycles. The highest BCUT2D eigenvalue weighted by atomic mass is 35.5. The van der Waals surface area contributed by atoms with Gasteiger partial charge in [-0.05, 0) is 31.0 Å². The number of rotatable bonds is 4. The van der Waals surface area contributed by atoms with Crippen molar-refractivity contribution < 1.29 is 4.74 Å². The summed E-state index contributed by atoms with van der Waals surface area (Å²) in [6.07, 6.45) is 0.985. The largest absolute Gasteiger partial charge is 0.494 e. The third-order valence-corrected chi connectivity index (χ3v) is 3.66. The minimum atomic E-state index is 0.0201. The first-order valence-electron chi connectivity index (χ1n) is 5.30. The molecule has 15 heavy (non-hydrogen) atoms. The zero-order chi connectivity index (χ0) is 10.9. The van der Waals surface area contributed by atoms with Gasteiger partial charge in [0.05, 0.1) is 6.61 Å². The minimum Gasteiger partial charge on any atom is -0.494 e. The van der Waals surface area contributed by atoms with E-state index < -0.39 is 0 Å². The van der Waals surface area contributed by atoms with Gasteiger partial charge < -0.3 is 10.5 Å². The zero-order valence-electron chi connectivity index (χ0n) is 8.87. The fourth-order valence-electron chi connectivity index (χ4n) is 1.94. The number of nitrogens with two attached hydrogens (primary N) is 1. The fraction of sp³-hybridized carbons (Fsp3) is 0.500. The molecule has 0 amide bonds. The van der Waals surface area contributed by atoms with Gasteiger partial charge in [0.1, 0.15) is 5.75 Å². The molecule has 1 aromatic rings. The Morgan fingerprint density at radius 2 is 2.07 bits per heavy atom. The summed E-state index contributed by atoms with van der Waals surface area (Å²) in [4.78, 5) is 0. The second-order valence-corrected chi connectivity index (χ2v) is 4.52. The highest BCUT2D eigenvalue weighted by Crippen LogP contribution is 2.51. The van der Waals surface area contributed by atoms with Gasteiger partial charge in [-0.3, -0.25) is 0 Å². The van der Waals surface area contributed by atoms with E-state index in [0.29, 0.717) is 13.2 Å². The summed E-state index contributed by atoms with van der Waals surface area (Å²) < 4.78 is 5.39. The molecule has 0 spiro atoms. The molecule has 82 valence electrons. The molecule has 2 unspecified atom stereocenters. The standard InChI is InChI=1S/C12H16ClNO/c1-2-15-10-5-3-9(4-6-10)12(8-14)7-11(12)13/h3-6,11H,2,7-8,14H2,1H3. The van der Waals surface area contributed by atoms with Crippen LogP contribution in [0.1, 0.15) is 18.9 Å². The summed E-state index contributed by atoms with van der Waals surface area (Å²) >= 11 is 6.13. The van der Waals surface area contributed by atoms with Gasteiger partial charge in [-0.1, -0.05) is 12.1 Å². The van der Waals surface area contributed by atoms with E-state index in [2.05, 4.69) is 12.1 Å². The molecule has 0 bridgehead atoms. The van der Waals surface area contributed by atoms with Gasteiger partial charge in [0.25, 0.3) is 0 Å². The van der Waals surface area contributed by atoms with Crippen molar-refractivity contribution in [2.75, 3.05) is 13.2 Å². The molecule has 2 nitrogen and oxygen atoms in total. The maximum absolute atomic E-state index is 6.13. The Morgan fingerprint density at radius 3 is 2.47 bits per heavy atom. The van der Waals surface area contributed by atoms with Crippen LogP contribution < -0.4 is 10.5 Å². The van der Waals surface area contributed by atoms with E-state index >= 15 is 0 Å². The van der Waals surface area contributed by atoms with Crippen molar-refractivity contribution in [3.8, 4) is 5.75 Å². The lowest BCUT2D eigenvalue weighted by Gasteiger charge is -2.14. The monoisotopic (exact) mass is 225 g/mol. The number of hydrogen-bond acceptors (Lipinski definition) is 2. The fourth-order valence-corrected chi connectivity index (χ4v) is 2.43. The third kappa shape index (κ3) is 1.84. The lowest BCUT2D eigenvalue weighted by molar-refractivity contribution is 0.340. The summed E-state index contributed by atoms with van der Waals surface area (Å²) in [7, 11) is 0. The number of benzene rings is 1. The van der Waals surface area contributed by atoms with Crippen LogP contribution in [0, 0.1) is 0 Å². The molecule has 2 rings (SSSR count). The molecule has 2 atom stereocenters. The molecule has 0 aromatic heterocycles. The molecule has 0 heterocycles. The van der Waals surface area contributed by atoms with Crippen molar-refractivity contribution >= 4 is 11.6 Å². The number of ether oxygens (including phenoxy) is 1. The molecular formula is C12H16ClNO. The molecule has 1 aliphatic rings. The van der Waals surface area contributed by atoms with Gasteiger partial charge in [-0.15, -0.1) is 11.6 Å². The first-order chi connectivity index (χ1) is 7.23. The Hall–Kier alpha value is -0.730. The predicted octanol–water partition coefficient (Wildman–Crippen LogP) is 2.29. The number of halogens is 1. The average Bonchev–Trinajstić information content (AvgIpc) is 2.92. The minimum absolute atomic E-state index is 0.0201. The van der Waals surface area contributed by atoms with Crippen molar-refractivity contribution in [3.05, 3.63) is 29.8 Å². The first-order valence-corrected chi connectivity index (χ1v) is 5.74. The first kappa shape index (κ1) is 10.8. The zero-order valence-corrected chi connectivity index (χ0v) is 9.63. The van der Waals surface area contributed by atoms with Crippen LogP contribution in [0.3, 0.4) is 0 Å². The SMILES string of the molecule is CCOc1ccc(C2(CN)CC2Cl)cc1. The number of alkyl halides is 1. The van der Waals surface area contributed by atoms with Gasteiger partial charge in [-0.2, -0.15) is 0 Å². The van der Waals surface area contributed by atoms with Crippen LogP contribution in [0.5, 0.6) is 5.75 Å². The molecule has 1 aromatic carbocycles. The van der Waals surface area contributed by atoms with Crippen molar-refractivity contribution in [3.63, 3.8) is 0 Å². The van der Waals surface area contributed by atoms with Crippen molar-refractivity contribution in [1.82, 2.24) is 0 Å². The van der Waals surface area contributed by atoms with Crippen LogP contribution in [0.25, 0.3) is 0 Å². The summed E-state index contributed by atoms with van der Waals surface area (Å²) in [5.41, 5.74) is 7.02. The molecule has 2 N–H and O–H groups in total. The van der Waals surface area contributed by atoms with Gasteiger partial charge in [0.2, 0.25) is 0 Å². The van der Waals surface area contributed by atoms with Crippen LogP contribution in [0.4, 0.5) is 0 Å². The van der Waals surface area contributed by atoms with E-state index in [1.807, 2.05) is 19.1 Å². The molecule has 0 radical (unpaired) electrons. The lowest BCUT2D eigenvalue weighted by atomic mass is 9.96. The average molecular weight is 226 g/mol. The quantitative estimate of drug-likeness (QED) is 0.799. The van der Waals surface area contributed by atoms with Crippen LogP contribution >= 0.6 is 11.6 Å². The second kappa shape index (κ2) is 4.03. The van der Waals surface area contributed by atoms with E-state index in [4.69, 9.17) is 22.1 Å². The molecule has 1 saturated carbocycles. The predicted molar refractivity (Wildman–Crippen MR) is 62.6 cm³/mol. The van der Waals surface area contributed by atoms with E-state index in [0.717, 1.165) is 12.2 Å². The van der Waals surface area contributed by atoms with E-state index in [9.17, 15) is 0 Å². The van der Waals surface area contributed by atoms with Gasteiger partial charge in [-0.25, -0.2) is 0 Å². The van der Waals surface area contributed by atoms with Crippen molar-refractivity contribution in [1.29, 1.82) is 0 Å². The maximum atomic E-state index is 6.13. The third-order valence-electron chi connectivity index (χ3n) is 3.09. The van der Waals surface area contributed by atoms with E-state index in [1.165, 1.54) is 5.56 Å². The van der Waals surface area contributed by atoms with Crippen LogP contribution in [-0.4, -0.2) is 18.5 Å². The summed E-state index contributed by atoms with van der Waals surface area (Å²) in [5, 5.41) is 0.195. The molecule has 1 aliphatic carbocycles. The van der Waals surface area contributed by atoms with Gasteiger partial charge in [0, 0.05) is 17.3 Å². The van der Waals surface area contributed by atoms with Crippen LogP contribution in [0.15, 0.2) is 24.3 Å². The Morgan fingerprint density at radius 1 is 1.47 bits per heavy atom. The van der Waals surface area contributed by atoms with Crippen molar-refractivity contribution in [2.45, 2.75) is 24.1 Å². The highest BCUT2D eigenvalue weighted by Gasteiger charge is 2.53. The number of hydrogen-bond donors (Lipinski definition) is 1. The molecular weight excluding hydrogens is 210 g/mol. The Balaban J connectivity index is 2.17. The topological polar surface area (TPSA) is 35.2 Å². The lowest BCUT2D eigenvalue weighted by Crippen LogP contribution is -2.22. The normalized spacial score (nSPS) is 28.9. The smallest absolute Gasteiger partial charge is 0.119 e. The van der Waals surface area contributed by atoms with Crippen LogP contribution in [0.2, 0.25) is 0 Å². The summed E-state index contributed by atoms with van der Waals surface area (Å²) in [6, 6.07) is 8.11. The second-order valence-electron chi connectivity index (χ2n) is 3.99. The molecule has 0 aliphatic heterocycles. The van der Waals surface area contributed by atoms with E-state index in [-0.39, 0.29) is 10.8 Å². The Bertz CT molecular complexity index is 334. The highest BCUT2D eigenvalue weighted by molar-refractivity contribution is 6.24. The Labute approximate surface area is 95.4 Å². The molecule has 3 heteroatoms. The molecule has 1 fully saturated rings. The van der Waals surface area contributed by atoms with Crippen molar-refractivity contribution in [2.24, 2.45) is 5.73 Å². The van der Waals surface area contributed by atoms with E-state index in [1.54, 1.807) is 0 Å². The summed E-state index contributed by atoms with van der Waals surface area (Å²) in [5.74, 6) is 0.903.